The summed E-state index contributed by atoms with van der Waals surface area (Å²) in [5, 5.41) is 8.13. The standard InChI is InChI=1S/C15H27N3/c1-12(2)18-8-7-15(17-18)11-16-10-14-6-4-5-13(3)9-14/h7-8,12-14,16H,4-6,9-11H2,1-3H3. The van der Waals surface area contributed by atoms with Gasteiger partial charge in [-0.15, -0.1) is 0 Å². The minimum absolute atomic E-state index is 0.456. The van der Waals surface area contributed by atoms with E-state index in [2.05, 4.69) is 43.4 Å². The average molecular weight is 249 g/mol. The fourth-order valence-corrected chi connectivity index (χ4v) is 2.91. The molecule has 0 amide bonds. The third kappa shape index (κ3) is 3.84. The van der Waals surface area contributed by atoms with Crippen LogP contribution in [0.15, 0.2) is 12.3 Å². The topological polar surface area (TPSA) is 29.9 Å². The van der Waals surface area contributed by atoms with Crippen LogP contribution in [0.3, 0.4) is 0 Å². The molecule has 18 heavy (non-hydrogen) atoms. The second kappa shape index (κ2) is 6.37. The van der Waals surface area contributed by atoms with Crippen molar-refractivity contribution in [3.8, 4) is 0 Å². The van der Waals surface area contributed by atoms with Crippen LogP contribution < -0.4 is 5.32 Å². The van der Waals surface area contributed by atoms with E-state index in [0.717, 1.165) is 30.6 Å². The highest BCUT2D eigenvalue weighted by Gasteiger charge is 2.18. The number of nitrogens with zero attached hydrogens (tertiary/aromatic N) is 2. The van der Waals surface area contributed by atoms with Crippen LogP contribution in [0.25, 0.3) is 0 Å². The molecule has 3 nitrogen and oxygen atoms in total. The summed E-state index contributed by atoms with van der Waals surface area (Å²) in [6.45, 7) is 8.77. The van der Waals surface area contributed by atoms with Crippen LogP contribution in [-0.4, -0.2) is 16.3 Å². The van der Waals surface area contributed by atoms with Gasteiger partial charge in [-0.05, 0) is 51.1 Å². The van der Waals surface area contributed by atoms with E-state index in [0.29, 0.717) is 6.04 Å². The summed E-state index contributed by atoms with van der Waals surface area (Å²) < 4.78 is 2.03. The van der Waals surface area contributed by atoms with E-state index in [1.165, 1.54) is 25.7 Å². The lowest BCUT2D eigenvalue weighted by Gasteiger charge is -2.26. The normalized spacial score (nSPS) is 24.7. The molecule has 0 radical (unpaired) electrons. The van der Waals surface area contributed by atoms with Gasteiger partial charge in [0.1, 0.15) is 0 Å². The van der Waals surface area contributed by atoms with Crippen LogP contribution in [0.2, 0.25) is 0 Å². The highest BCUT2D eigenvalue weighted by atomic mass is 15.3. The molecular formula is C15H27N3. The van der Waals surface area contributed by atoms with Gasteiger partial charge in [-0.2, -0.15) is 5.10 Å². The van der Waals surface area contributed by atoms with E-state index in [9.17, 15) is 0 Å². The SMILES string of the molecule is CC1CCCC(CNCc2ccn(C(C)C)n2)C1. The smallest absolute Gasteiger partial charge is 0.0762 e. The second-order valence-corrected chi connectivity index (χ2v) is 6.15. The number of hydrogen-bond donors (Lipinski definition) is 1. The molecule has 1 fully saturated rings. The average Bonchev–Trinajstić information content (AvgIpc) is 2.78. The number of hydrogen-bond acceptors (Lipinski definition) is 2. The molecule has 0 aromatic carbocycles. The van der Waals surface area contributed by atoms with Crippen molar-refractivity contribution in [2.45, 2.75) is 59.0 Å². The molecule has 0 saturated heterocycles. The molecule has 1 aliphatic rings. The first kappa shape index (κ1) is 13.6. The van der Waals surface area contributed by atoms with E-state index >= 15 is 0 Å². The van der Waals surface area contributed by atoms with Gasteiger partial charge in [-0.1, -0.05) is 19.8 Å². The van der Waals surface area contributed by atoms with Crippen LogP contribution in [0.5, 0.6) is 0 Å². The molecule has 1 heterocycles. The zero-order chi connectivity index (χ0) is 13.0. The summed E-state index contributed by atoms with van der Waals surface area (Å²) in [5.74, 6) is 1.80. The Balaban J connectivity index is 1.71. The Morgan fingerprint density at radius 3 is 2.94 bits per heavy atom. The van der Waals surface area contributed by atoms with E-state index in [1.807, 2.05) is 4.68 Å². The number of rotatable bonds is 5. The van der Waals surface area contributed by atoms with Crippen molar-refractivity contribution in [3.05, 3.63) is 18.0 Å². The molecular weight excluding hydrogens is 222 g/mol. The third-order valence-electron chi connectivity index (χ3n) is 3.98. The van der Waals surface area contributed by atoms with Crippen LogP contribution >= 0.6 is 0 Å². The maximum absolute atomic E-state index is 4.56. The fraction of sp³-hybridized carbons (Fsp3) is 0.800. The van der Waals surface area contributed by atoms with Crippen molar-refractivity contribution in [2.24, 2.45) is 11.8 Å². The van der Waals surface area contributed by atoms with Crippen LogP contribution in [0.4, 0.5) is 0 Å². The minimum Gasteiger partial charge on any atom is -0.311 e. The van der Waals surface area contributed by atoms with Crippen molar-refractivity contribution in [3.63, 3.8) is 0 Å². The molecule has 0 bridgehead atoms. The van der Waals surface area contributed by atoms with Gasteiger partial charge in [0, 0.05) is 18.8 Å². The Hall–Kier alpha value is -0.830. The first-order chi connectivity index (χ1) is 8.65. The van der Waals surface area contributed by atoms with Gasteiger partial charge < -0.3 is 5.32 Å². The minimum atomic E-state index is 0.456. The van der Waals surface area contributed by atoms with Gasteiger partial charge in [0.25, 0.3) is 0 Å². The second-order valence-electron chi connectivity index (χ2n) is 6.15. The highest BCUT2D eigenvalue weighted by Crippen LogP contribution is 2.27. The molecule has 0 aliphatic heterocycles. The predicted octanol–water partition coefficient (Wildman–Crippen LogP) is 3.38. The number of aromatic nitrogens is 2. The first-order valence-electron chi connectivity index (χ1n) is 7.40. The maximum atomic E-state index is 4.56. The zero-order valence-electron chi connectivity index (χ0n) is 12.0. The maximum Gasteiger partial charge on any atom is 0.0762 e. The van der Waals surface area contributed by atoms with Gasteiger partial charge in [0.2, 0.25) is 0 Å². The molecule has 1 N–H and O–H groups in total. The van der Waals surface area contributed by atoms with Gasteiger partial charge in [-0.25, -0.2) is 0 Å². The van der Waals surface area contributed by atoms with Crippen LogP contribution in [0.1, 0.15) is 58.2 Å². The molecule has 0 spiro atoms. The summed E-state index contributed by atoms with van der Waals surface area (Å²) >= 11 is 0. The van der Waals surface area contributed by atoms with E-state index in [-0.39, 0.29) is 0 Å². The quantitative estimate of drug-likeness (QED) is 0.867. The Morgan fingerprint density at radius 2 is 2.28 bits per heavy atom. The first-order valence-corrected chi connectivity index (χ1v) is 7.40. The van der Waals surface area contributed by atoms with Crippen molar-refractivity contribution >= 4 is 0 Å². The highest BCUT2D eigenvalue weighted by molar-refractivity contribution is 4.99. The monoisotopic (exact) mass is 249 g/mol. The van der Waals surface area contributed by atoms with E-state index in [4.69, 9.17) is 0 Å². The predicted molar refractivity (Wildman–Crippen MR) is 75.4 cm³/mol. The fourth-order valence-electron chi connectivity index (χ4n) is 2.91. The number of nitrogens with one attached hydrogen (secondary N) is 1. The largest absolute Gasteiger partial charge is 0.311 e. The summed E-state index contributed by atoms with van der Waals surface area (Å²) in [6.07, 6.45) is 7.71. The molecule has 2 unspecified atom stereocenters. The van der Waals surface area contributed by atoms with Gasteiger partial charge >= 0.3 is 0 Å². The molecule has 3 heteroatoms. The Bertz CT molecular complexity index is 356. The molecule has 1 saturated carbocycles. The molecule has 1 aliphatic carbocycles. The van der Waals surface area contributed by atoms with Crippen molar-refractivity contribution in [2.75, 3.05) is 6.54 Å². The summed E-state index contributed by atoms with van der Waals surface area (Å²) in [5.41, 5.74) is 1.16. The Morgan fingerprint density at radius 1 is 1.44 bits per heavy atom. The van der Waals surface area contributed by atoms with Gasteiger partial charge in [0.05, 0.1) is 5.69 Å². The third-order valence-corrected chi connectivity index (χ3v) is 3.98. The lowest BCUT2D eigenvalue weighted by Crippen LogP contribution is -2.26. The van der Waals surface area contributed by atoms with Crippen molar-refractivity contribution in [1.29, 1.82) is 0 Å². The summed E-state index contributed by atoms with van der Waals surface area (Å²) in [4.78, 5) is 0. The van der Waals surface area contributed by atoms with E-state index in [1.54, 1.807) is 0 Å². The van der Waals surface area contributed by atoms with Crippen LogP contribution in [-0.2, 0) is 6.54 Å². The lowest BCUT2D eigenvalue weighted by molar-refractivity contribution is 0.274. The van der Waals surface area contributed by atoms with Crippen molar-refractivity contribution in [1.82, 2.24) is 15.1 Å². The van der Waals surface area contributed by atoms with Gasteiger partial charge in [0.15, 0.2) is 0 Å². The summed E-state index contributed by atoms with van der Waals surface area (Å²) in [7, 11) is 0. The molecule has 1 aromatic heterocycles. The van der Waals surface area contributed by atoms with Crippen molar-refractivity contribution < 1.29 is 0 Å². The summed E-state index contributed by atoms with van der Waals surface area (Å²) in [6, 6.07) is 2.58. The lowest BCUT2D eigenvalue weighted by atomic mass is 9.82. The molecule has 1 aromatic rings. The van der Waals surface area contributed by atoms with E-state index < -0.39 is 0 Å². The van der Waals surface area contributed by atoms with Crippen LogP contribution in [0, 0.1) is 11.8 Å². The Kier molecular flexibility index (Phi) is 4.81. The van der Waals surface area contributed by atoms with Gasteiger partial charge in [-0.3, -0.25) is 4.68 Å². The molecule has 2 atom stereocenters. The molecule has 2 rings (SSSR count). The zero-order valence-corrected chi connectivity index (χ0v) is 12.0. The molecule has 102 valence electrons. The Labute approximate surface area is 111 Å².